The number of hydrogen-bond acceptors (Lipinski definition) is 1. The predicted molar refractivity (Wildman–Crippen MR) is 77.6 cm³/mol. The lowest BCUT2D eigenvalue weighted by Gasteiger charge is -2.23. The molecule has 0 aromatic heterocycles. The van der Waals surface area contributed by atoms with Gasteiger partial charge in [0.1, 0.15) is 0 Å². The Labute approximate surface area is 110 Å². The molecule has 0 atom stereocenters. The highest BCUT2D eigenvalue weighted by Crippen LogP contribution is 2.01. The third-order valence-corrected chi connectivity index (χ3v) is 2.90. The van der Waals surface area contributed by atoms with Gasteiger partial charge in [0.25, 0.3) is 0 Å². The fourth-order valence-corrected chi connectivity index (χ4v) is 1.80. The minimum absolute atomic E-state index is 0.290. The molecule has 5 nitrogen and oxygen atoms in total. The van der Waals surface area contributed by atoms with E-state index in [0.29, 0.717) is 11.9 Å². The second kappa shape index (κ2) is 8.55. The van der Waals surface area contributed by atoms with E-state index in [1.807, 2.05) is 4.90 Å². The molecule has 1 aliphatic rings. The third-order valence-electron chi connectivity index (χ3n) is 2.90. The summed E-state index contributed by atoms with van der Waals surface area (Å²) in [6.45, 7) is 4.63. The first-order valence-corrected chi connectivity index (χ1v) is 6.78. The topological polar surface area (TPSA) is 80.0 Å². The van der Waals surface area contributed by atoms with Crippen molar-refractivity contribution in [2.75, 3.05) is 19.6 Å². The maximum absolute atomic E-state index is 5.88. The van der Waals surface area contributed by atoms with Crippen LogP contribution in [0.1, 0.15) is 39.0 Å². The first-order chi connectivity index (χ1) is 8.74. The normalized spacial score (nSPS) is 17.3. The van der Waals surface area contributed by atoms with Crippen molar-refractivity contribution >= 4 is 11.9 Å². The number of nitrogens with zero attached hydrogens (tertiary/aromatic N) is 3. The summed E-state index contributed by atoms with van der Waals surface area (Å²) in [6, 6.07) is 0. The van der Waals surface area contributed by atoms with Crippen LogP contribution in [0.5, 0.6) is 0 Å². The van der Waals surface area contributed by atoms with Crippen molar-refractivity contribution in [3.63, 3.8) is 0 Å². The zero-order chi connectivity index (χ0) is 13.2. The van der Waals surface area contributed by atoms with Crippen LogP contribution >= 0.6 is 0 Å². The van der Waals surface area contributed by atoms with E-state index in [-0.39, 0.29) is 0 Å². The van der Waals surface area contributed by atoms with E-state index in [1.165, 1.54) is 19.3 Å². The van der Waals surface area contributed by atoms with Crippen LogP contribution in [0.25, 0.3) is 0 Å². The van der Waals surface area contributed by atoms with Crippen LogP contribution in [0, 0.1) is 0 Å². The summed E-state index contributed by atoms with van der Waals surface area (Å²) >= 11 is 0. The highest BCUT2D eigenvalue weighted by atomic mass is 15.3. The highest BCUT2D eigenvalue weighted by Gasteiger charge is 2.08. The average molecular weight is 251 g/mol. The van der Waals surface area contributed by atoms with Gasteiger partial charge >= 0.3 is 0 Å². The van der Waals surface area contributed by atoms with E-state index in [4.69, 9.17) is 11.5 Å². The summed E-state index contributed by atoms with van der Waals surface area (Å²) in [6.07, 6.45) is 9.98. The Morgan fingerprint density at radius 2 is 2.06 bits per heavy atom. The van der Waals surface area contributed by atoms with Crippen LogP contribution in [0.15, 0.2) is 22.1 Å². The molecule has 0 aromatic carbocycles. The lowest BCUT2D eigenvalue weighted by atomic mass is 10.2. The molecule has 0 saturated heterocycles. The van der Waals surface area contributed by atoms with Crippen LogP contribution in [-0.4, -0.2) is 36.5 Å². The number of unbranched alkanes of at least 4 members (excludes halogenated alkanes) is 3. The van der Waals surface area contributed by atoms with Gasteiger partial charge < -0.3 is 16.4 Å². The molecule has 0 aliphatic carbocycles. The van der Waals surface area contributed by atoms with Crippen LogP contribution in [-0.2, 0) is 0 Å². The van der Waals surface area contributed by atoms with Gasteiger partial charge in [-0.15, -0.1) is 0 Å². The van der Waals surface area contributed by atoms with Gasteiger partial charge in [-0.25, -0.2) is 0 Å². The molecule has 0 unspecified atom stereocenters. The minimum atomic E-state index is 0.290. The molecule has 0 fully saturated rings. The summed E-state index contributed by atoms with van der Waals surface area (Å²) in [4.78, 5) is 10.3. The van der Waals surface area contributed by atoms with Crippen molar-refractivity contribution in [3.05, 3.63) is 12.2 Å². The summed E-state index contributed by atoms with van der Waals surface area (Å²) < 4.78 is 0. The van der Waals surface area contributed by atoms with E-state index >= 15 is 0 Å². The molecule has 0 amide bonds. The quantitative estimate of drug-likeness (QED) is 0.336. The highest BCUT2D eigenvalue weighted by molar-refractivity contribution is 5.93. The fraction of sp³-hybridized carbons (Fsp3) is 0.692. The monoisotopic (exact) mass is 251 g/mol. The molecule has 0 saturated carbocycles. The molecule has 0 radical (unpaired) electrons. The van der Waals surface area contributed by atoms with Gasteiger partial charge in [-0.2, -0.15) is 4.99 Å². The second-order valence-electron chi connectivity index (χ2n) is 4.48. The largest absolute Gasteiger partial charge is 0.369 e. The zero-order valence-electron chi connectivity index (χ0n) is 11.3. The molecule has 0 bridgehead atoms. The van der Waals surface area contributed by atoms with Crippen LogP contribution < -0.4 is 11.5 Å². The first kappa shape index (κ1) is 14.5. The maximum Gasteiger partial charge on any atom is 0.218 e. The molecule has 5 heteroatoms. The Morgan fingerprint density at radius 3 is 2.72 bits per heavy atom. The number of rotatable bonds is 5. The van der Waals surface area contributed by atoms with E-state index in [0.717, 1.165) is 32.5 Å². The number of nitrogens with two attached hydrogens (primary N) is 2. The third kappa shape index (κ3) is 5.70. The molecule has 1 aliphatic heterocycles. The Morgan fingerprint density at radius 1 is 1.22 bits per heavy atom. The van der Waals surface area contributed by atoms with Crippen molar-refractivity contribution in [2.45, 2.75) is 39.0 Å². The molecule has 1 rings (SSSR count). The van der Waals surface area contributed by atoms with Gasteiger partial charge in [0.15, 0.2) is 5.96 Å². The Hall–Kier alpha value is -1.52. The van der Waals surface area contributed by atoms with E-state index in [2.05, 4.69) is 29.1 Å². The van der Waals surface area contributed by atoms with Crippen molar-refractivity contribution in [3.8, 4) is 0 Å². The van der Waals surface area contributed by atoms with Gasteiger partial charge in [0.2, 0.25) is 5.96 Å². The van der Waals surface area contributed by atoms with Gasteiger partial charge in [-0.1, -0.05) is 38.3 Å². The predicted octanol–water partition coefficient (Wildman–Crippen LogP) is 1.46. The van der Waals surface area contributed by atoms with Crippen LogP contribution in [0.4, 0.5) is 0 Å². The molecule has 0 aromatic rings. The maximum atomic E-state index is 5.88. The smallest absolute Gasteiger partial charge is 0.218 e. The molecule has 1 heterocycles. The minimum Gasteiger partial charge on any atom is -0.369 e. The van der Waals surface area contributed by atoms with E-state index < -0.39 is 0 Å². The number of hydrogen-bond donors (Lipinski definition) is 2. The second-order valence-corrected chi connectivity index (χ2v) is 4.48. The van der Waals surface area contributed by atoms with E-state index in [9.17, 15) is 0 Å². The average Bonchev–Trinajstić information content (AvgIpc) is 2.39. The van der Waals surface area contributed by atoms with Crippen molar-refractivity contribution in [2.24, 2.45) is 21.5 Å². The van der Waals surface area contributed by atoms with Gasteiger partial charge in [0, 0.05) is 19.6 Å². The molecular weight excluding hydrogens is 226 g/mol. The number of guanidine groups is 2. The van der Waals surface area contributed by atoms with Crippen LogP contribution in [0.3, 0.4) is 0 Å². The summed E-state index contributed by atoms with van der Waals surface area (Å²) in [5.41, 5.74) is 11.6. The Kier molecular flexibility index (Phi) is 6.91. The number of aliphatic imine (C=N–C) groups is 2. The molecule has 0 spiro atoms. The van der Waals surface area contributed by atoms with Gasteiger partial charge in [0.05, 0.1) is 0 Å². The molecule has 102 valence electrons. The summed E-state index contributed by atoms with van der Waals surface area (Å²) in [5.74, 6) is 0.757. The molecule has 18 heavy (non-hydrogen) atoms. The fourth-order valence-electron chi connectivity index (χ4n) is 1.80. The Balaban J connectivity index is 2.33. The molecule has 4 N–H and O–H groups in total. The summed E-state index contributed by atoms with van der Waals surface area (Å²) in [5, 5.41) is 0. The van der Waals surface area contributed by atoms with Crippen molar-refractivity contribution in [1.82, 2.24) is 4.90 Å². The SMILES string of the molecule is CCCCCCN=C(N)N=C(N)N1CC=CCC1. The van der Waals surface area contributed by atoms with Crippen LogP contribution in [0.2, 0.25) is 0 Å². The van der Waals surface area contributed by atoms with Crippen molar-refractivity contribution in [1.29, 1.82) is 0 Å². The van der Waals surface area contributed by atoms with E-state index in [1.54, 1.807) is 0 Å². The van der Waals surface area contributed by atoms with Gasteiger partial charge in [-0.3, -0.25) is 4.99 Å². The Bertz CT molecular complexity index is 319. The zero-order valence-corrected chi connectivity index (χ0v) is 11.3. The summed E-state index contributed by atoms with van der Waals surface area (Å²) in [7, 11) is 0. The van der Waals surface area contributed by atoms with Gasteiger partial charge in [-0.05, 0) is 12.8 Å². The lowest BCUT2D eigenvalue weighted by molar-refractivity contribution is 0.450. The van der Waals surface area contributed by atoms with Crippen molar-refractivity contribution < 1.29 is 0 Å². The first-order valence-electron chi connectivity index (χ1n) is 6.78. The standard InChI is InChI=1S/C13H25N5/c1-2-3-4-6-9-16-12(14)17-13(15)18-10-7-5-8-11-18/h5,7H,2-4,6,8-11H2,1H3,(H4,14,15,16,17). The lowest BCUT2D eigenvalue weighted by Crippen LogP contribution is -2.40. The molecular formula is C13H25N5.